The summed E-state index contributed by atoms with van der Waals surface area (Å²) in [6.45, 7) is 3.22. The second kappa shape index (κ2) is 6.94. The molecule has 0 aliphatic heterocycles. The molecule has 1 heterocycles. The van der Waals surface area contributed by atoms with Crippen LogP contribution in [0.4, 0.5) is 0 Å². The van der Waals surface area contributed by atoms with Gasteiger partial charge in [-0.25, -0.2) is 9.78 Å². The molecule has 1 aromatic rings. The summed E-state index contributed by atoms with van der Waals surface area (Å²) < 4.78 is 4.58. The minimum absolute atomic E-state index is 0.185. The lowest BCUT2D eigenvalue weighted by atomic mass is 10.7. The largest absolute Gasteiger partial charge is 0.389 e. The zero-order valence-corrected chi connectivity index (χ0v) is 7.49. The van der Waals surface area contributed by atoms with E-state index in [0.717, 1.165) is 6.08 Å². The number of rotatable bonds is 2. The second-order valence-electron chi connectivity index (χ2n) is 1.62. The monoisotopic (exact) mass is 197 g/mol. The van der Waals surface area contributed by atoms with Gasteiger partial charge in [-0.2, -0.15) is 5.26 Å². The summed E-state index contributed by atoms with van der Waals surface area (Å²) in [6, 6.07) is 0.185. The number of carbonyl (C=O) groups is 1. The highest BCUT2D eigenvalue weighted by Crippen LogP contribution is 1.97. The van der Waals surface area contributed by atoms with Gasteiger partial charge in [-0.05, 0) is 0 Å². The molecule has 0 fully saturated rings. The van der Waals surface area contributed by atoms with Gasteiger partial charge < -0.3 is 9.72 Å². The highest BCUT2D eigenvalue weighted by Gasteiger charge is 1.98. The van der Waals surface area contributed by atoms with E-state index in [2.05, 4.69) is 33.9 Å². The van der Waals surface area contributed by atoms with Gasteiger partial charge in [0.15, 0.2) is 0 Å². The van der Waals surface area contributed by atoms with Crippen molar-refractivity contribution in [2.24, 2.45) is 0 Å². The Morgan fingerprint density at radius 3 is 2.92 bits per heavy atom. The van der Waals surface area contributed by atoms with Crippen molar-refractivity contribution in [3.8, 4) is 11.4 Å². The van der Waals surface area contributed by atoms with Gasteiger partial charge in [0.1, 0.15) is 5.40 Å². The fourth-order valence-electron chi connectivity index (χ4n) is 0.444. The van der Waals surface area contributed by atoms with Crippen molar-refractivity contribution in [2.45, 2.75) is 0 Å². The molecule has 68 valence electrons. The molecular formula is C7H7N3O2S. The molecule has 0 saturated carbocycles. The van der Waals surface area contributed by atoms with E-state index in [0.29, 0.717) is 0 Å². The lowest BCUT2D eigenvalue weighted by molar-refractivity contribution is -0.129. The number of aromatic nitrogens is 2. The number of aromatic amines is 1. The molecule has 1 N–H and O–H groups in total. The Kier molecular flexibility index (Phi) is 6.01. The van der Waals surface area contributed by atoms with Crippen molar-refractivity contribution in [1.29, 1.82) is 5.26 Å². The van der Waals surface area contributed by atoms with Gasteiger partial charge >= 0.3 is 12.0 Å². The number of nitrogens with one attached hydrogen (secondary N) is 1. The lowest BCUT2D eigenvalue weighted by Gasteiger charge is -1.91. The molecule has 0 aromatic carbocycles. The molecule has 6 heteroatoms. The van der Waals surface area contributed by atoms with Crippen LogP contribution in [0.25, 0.3) is 0 Å². The summed E-state index contributed by atoms with van der Waals surface area (Å²) in [5, 5.41) is 8.63. The van der Waals surface area contributed by atoms with Crippen LogP contribution in [0.3, 0.4) is 0 Å². The Labute approximate surface area is 80.5 Å². The fourth-order valence-corrected chi connectivity index (χ4v) is 0.444. The first kappa shape index (κ1) is 11.3. The van der Waals surface area contributed by atoms with Crippen molar-refractivity contribution in [1.82, 2.24) is 9.97 Å². The summed E-state index contributed by atoms with van der Waals surface area (Å²) in [7, 11) is 0. The maximum absolute atomic E-state index is 10.5. The first-order chi connectivity index (χ1) is 6.24. The average Bonchev–Trinajstić information content (AvgIpc) is 2.58. The number of hydrogen-bond acceptors (Lipinski definition) is 5. The van der Waals surface area contributed by atoms with Crippen LogP contribution in [0.5, 0.6) is 6.01 Å². The van der Waals surface area contributed by atoms with E-state index in [-0.39, 0.29) is 6.01 Å². The average molecular weight is 197 g/mol. The van der Waals surface area contributed by atoms with Gasteiger partial charge in [0.25, 0.3) is 0 Å². The van der Waals surface area contributed by atoms with Crippen molar-refractivity contribution in [3.63, 3.8) is 0 Å². The van der Waals surface area contributed by atoms with E-state index in [1.165, 1.54) is 11.6 Å². The van der Waals surface area contributed by atoms with Crippen LogP contribution in [0, 0.1) is 10.7 Å². The van der Waals surface area contributed by atoms with Gasteiger partial charge in [-0.3, -0.25) is 0 Å². The summed E-state index contributed by atoms with van der Waals surface area (Å²) in [6.07, 6.45) is 4.12. The minimum atomic E-state index is -0.519. The molecular weight excluding hydrogens is 190 g/mol. The second-order valence-corrected chi connectivity index (χ2v) is 1.82. The number of carbonyl (C=O) groups excluding carboxylic acids is 1. The van der Waals surface area contributed by atoms with Gasteiger partial charge in [-0.15, -0.1) is 0 Å². The number of imidazole rings is 1. The molecule has 0 bridgehead atoms. The molecule has 0 unspecified atom stereocenters. The number of esters is 1. The quantitative estimate of drug-likeness (QED) is 0.319. The van der Waals surface area contributed by atoms with Crippen LogP contribution in [0.1, 0.15) is 0 Å². The predicted octanol–water partition coefficient (Wildman–Crippen LogP) is 0.898. The number of ether oxygens (including phenoxy) is 1. The summed E-state index contributed by atoms with van der Waals surface area (Å²) >= 11 is 3.09. The topological polar surface area (TPSA) is 78.8 Å². The predicted molar refractivity (Wildman–Crippen MR) is 49.0 cm³/mol. The summed E-state index contributed by atoms with van der Waals surface area (Å²) in [4.78, 5) is 16.7. The van der Waals surface area contributed by atoms with Crippen LogP contribution in [0.15, 0.2) is 25.0 Å². The number of hydrogen-bond donors (Lipinski definition) is 2. The minimum Gasteiger partial charge on any atom is -0.389 e. The molecule has 5 nitrogen and oxygen atoms in total. The molecule has 0 amide bonds. The normalized spacial score (nSPS) is 7.38. The molecule has 13 heavy (non-hydrogen) atoms. The van der Waals surface area contributed by atoms with E-state index >= 15 is 0 Å². The van der Waals surface area contributed by atoms with E-state index < -0.39 is 5.97 Å². The number of nitriles is 1. The molecule has 1 aromatic heterocycles. The first-order valence-electron chi connectivity index (χ1n) is 3.11. The summed E-state index contributed by atoms with van der Waals surface area (Å²) in [5.41, 5.74) is 0. The molecule has 0 atom stereocenters. The lowest BCUT2D eigenvalue weighted by Crippen LogP contribution is -2.03. The fraction of sp³-hybridized carbons (Fsp3) is 0. The van der Waals surface area contributed by atoms with Gasteiger partial charge in [0.2, 0.25) is 0 Å². The Morgan fingerprint density at radius 2 is 2.54 bits per heavy atom. The maximum Gasteiger partial charge on any atom is 0.337 e. The third kappa shape index (κ3) is 5.52. The molecule has 0 spiro atoms. The van der Waals surface area contributed by atoms with E-state index in [4.69, 9.17) is 5.26 Å². The van der Waals surface area contributed by atoms with E-state index in [1.54, 1.807) is 6.20 Å². The molecule has 0 aliphatic rings. The van der Waals surface area contributed by atoms with Crippen molar-refractivity contribution in [2.75, 3.05) is 0 Å². The summed E-state index contributed by atoms with van der Waals surface area (Å²) in [5.74, 6) is -0.519. The highest BCUT2D eigenvalue weighted by atomic mass is 32.1. The Hall–Kier alpha value is -1.74. The third-order valence-corrected chi connectivity index (χ3v) is 0.837. The van der Waals surface area contributed by atoms with Crippen molar-refractivity contribution >= 4 is 18.6 Å². The van der Waals surface area contributed by atoms with Gasteiger partial charge in [0, 0.05) is 18.5 Å². The number of nitrogens with zero attached hydrogens (tertiary/aromatic N) is 2. The number of H-pyrrole nitrogens is 1. The van der Waals surface area contributed by atoms with E-state index in [1.807, 2.05) is 0 Å². The Balaban J connectivity index is 0.000000424. The van der Waals surface area contributed by atoms with Crippen LogP contribution in [-0.2, 0) is 4.79 Å². The van der Waals surface area contributed by atoms with Crippen LogP contribution in [-0.4, -0.2) is 15.9 Å². The van der Waals surface area contributed by atoms with Gasteiger partial charge in [0.05, 0.1) is 0 Å². The van der Waals surface area contributed by atoms with Crippen LogP contribution < -0.4 is 4.74 Å². The smallest absolute Gasteiger partial charge is 0.337 e. The van der Waals surface area contributed by atoms with Crippen LogP contribution in [0.2, 0.25) is 0 Å². The van der Waals surface area contributed by atoms with Crippen molar-refractivity contribution < 1.29 is 9.53 Å². The Bertz CT molecular complexity index is 302. The standard InChI is InChI=1S/C6H6N2O2.CHNS/c1-2-5(9)10-6-7-3-4-8-6;2-1-3/h2-4H,1H2,(H,7,8);3H. The zero-order chi connectivity index (χ0) is 10.1. The van der Waals surface area contributed by atoms with Gasteiger partial charge in [-0.1, -0.05) is 19.2 Å². The van der Waals surface area contributed by atoms with E-state index in [9.17, 15) is 4.79 Å². The van der Waals surface area contributed by atoms with Crippen molar-refractivity contribution in [3.05, 3.63) is 25.0 Å². The SMILES string of the molecule is C=CC(=O)Oc1ncc[nH]1.N#CS. The molecule has 0 saturated heterocycles. The zero-order valence-electron chi connectivity index (χ0n) is 6.60. The first-order valence-corrected chi connectivity index (χ1v) is 3.56. The number of thiocyanates is 1. The Morgan fingerprint density at radius 1 is 1.92 bits per heavy atom. The third-order valence-electron chi connectivity index (χ3n) is 0.837. The molecule has 0 aliphatic carbocycles. The maximum atomic E-state index is 10.5. The molecule has 1 rings (SSSR count). The highest BCUT2D eigenvalue weighted by molar-refractivity contribution is 7.85. The number of thiol groups is 1. The van der Waals surface area contributed by atoms with Crippen LogP contribution >= 0.6 is 12.6 Å². The molecule has 0 radical (unpaired) electrons.